The van der Waals surface area contributed by atoms with Crippen molar-refractivity contribution >= 4 is 17.7 Å². The van der Waals surface area contributed by atoms with E-state index in [2.05, 4.69) is 0 Å². The number of rotatable bonds is 5. The van der Waals surface area contributed by atoms with Gasteiger partial charge in [0, 0.05) is 4.90 Å². The van der Waals surface area contributed by atoms with Crippen LogP contribution in [0, 0.1) is 5.92 Å². The molecule has 100 valence electrons. The van der Waals surface area contributed by atoms with Crippen LogP contribution in [0.1, 0.15) is 25.8 Å². The number of esters is 1. The number of thioether (sulfide) groups is 1. The highest BCUT2D eigenvalue weighted by Crippen LogP contribution is 2.33. The Morgan fingerprint density at radius 3 is 2.39 bits per heavy atom. The van der Waals surface area contributed by atoms with E-state index >= 15 is 0 Å². The van der Waals surface area contributed by atoms with Crippen molar-refractivity contribution in [3.63, 3.8) is 0 Å². The third kappa shape index (κ3) is 3.06. The zero-order valence-electron chi connectivity index (χ0n) is 11.3. The van der Waals surface area contributed by atoms with Gasteiger partial charge in [-0.05, 0) is 37.3 Å². The summed E-state index contributed by atoms with van der Waals surface area (Å²) in [6.07, 6.45) is 2.53. The molecule has 1 rings (SSSR count). The van der Waals surface area contributed by atoms with E-state index in [0.29, 0.717) is 6.42 Å². The first kappa shape index (κ1) is 15.1. The molecule has 0 aromatic heterocycles. The van der Waals surface area contributed by atoms with Crippen LogP contribution in [0.15, 0.2) is 29.2 Å². The molecule has 0 bridgehead atoms. The Morgan fingerprint density at radius 1 is 1.44 bits per heavy atom. The Hall–Kier alpha value is -1.00. The summed E-state index contributed by atoms with van der Waals surface area (Å²) in [7, 11) is 1.35. The van der Waals surface area contributed by atoms with E-state index in [1.807, 2.05) is 37.4 Å². The highest BCUT2D eigenvalue weighted by Gasteiger charge is 2.38. The fourth-order valence-electron chi connectivity index (χ4n) is 2.07. The second-order valence-electron chi connectivity index (χ2n) is 4.36. The molecule has 0 aliphatic rings. The van der Waals surface area contributed by atoms with Gasteiger partial charge in [0.25, 0.3) is 0 Å². The quantitative estimate of drug-likeness (QED) is 0.659. The minimum atomic E-state index is -1.21. The van der Waals surface area contributed by atoms with Crippen molar-refractivity contribution in [3.05, 3.63) is 29.8 Å². The molecule has 0 saturated heterocycles. The Kier molecular flexibility index (Phi) is 5.23. The number of hydrogen-bond donors (Lipinski definition) is 1. The Bertz CT molecular complexity index is 398. The Morgan fingerprint density at radius 2 is 2.00 bits per heavy atom. The first-order valence-corrected chi connectivity index (χ1v) is 7.14. The standard InChI is InChI=1S/C14H20O3S/c1-5-12(13(15)17-3)14(2,16)10-6-8-11(18-4)9-7-10/h6-9,12,16H,5H2,1-4H3. The van der Waals surface area contributed by atoms with Crippen molar-refractivity contribution in [1.82, 2.24) is 0 Å². The number of benzene rings is 1. The summed E-state index contributed by atoms with van der Waals surface area (Å²) in [5, 5.41) is 10.6. The van der Waals surface area contributed by atoms with Crippen LogP contribution in [0.25, 0.3) is 0 Å². The van der Waals surface area contributed by atoms with E-state index in [4.69, 9.17) is 4.74 Å². The van der Waals surface area contributed by atoms with Gasteiger partial charge < -0.3 is 9.84 Å². The minimum absolute atomic E-state index is 0.378. The molecule has 18 heavy (non-hydrogen) atoms. The van der Waals surface area contributed by atoms with Crippen molar-refractivity contribution in [2.45, 2.75) is 30.8 Å². The first-order chi connectivity index (χ1) is 8.47. The summed E-state index contributed by atoms with van der Waals surface area (Å²) in [4.78, 5) is 12.8. The smallest absolute Gasteiger partial charge is 0.311 e. The van der Waals surface area contributed by atoms with E-state index in [1.165, 1.54) is 7.11 Å². The van der Waals surface area contributed by atoms with Gasteiger partial charge in [-0.25, -0.2) is 0 Å². The average molecular weight is 268 g/mol. The molecule has 0 aliphatic carbocycles. The normalized spacial score (nSPS) is 15.8. The topological polar surface area (TPSA) is 46.5 Å². The molecular formula is C14H20O3S. The van der Waals surface area contributed by atoms with Crippen LogP contribution in [0.3, 0.4) is 0 Å². The summed E-state index contributed by atoms with van der Waals surface area (Å²) < 4.78 is 4.75. The van der Waals surface area contributed by atoms with Gasteiger partial charge in [-0.2, -0.15) is 0 Å². The van der Waals surface area contributed by atoms with Gasteiger partial charge >= 0.3 is 5.97 Å². The fourth-order valence-corrected chi connectivity index (χ4v) is 2.47. The van der Waals surface area contributed by atoms with Crippen molar-refractivity contribution in [2.24, 2.45) is 5.92 Å². The molecule has 3 nitrogen and oxygen atoms in total. The van der Waals surface area contributed by atoms with Crippen molar-refractivity contribution in [1.29, 1.82) is 0 Å². The largest absolute Gasteiger partial charge is 0.469 e. The van der Waals surface area contributed by atoms with Gasteiger partial charge in [-0.15, -0.1) is 11.8 Å². The third-order valence-corrected chi connectivity index (χ3v) is 3.99. The molecule has 1 N–H and O–H groups in total. The van der Waals surface area contributed by atoms with Crippen molar-refractivity contribution in [3.8, 4) is 0 Å². The lowest BCUT2D eigenvalue weighted by Gasteiger charge is -2.30. The van der Waals surface area contributed by atoms with Crippen LogP contribution in [0.2, 0.25) is 0 Å². The van der Waals surface area contributed by atoms with Gasteiger partial charge in [0.05, 0.1) is 13.0 Å². The van der Waals surface area contributed by atoms with Gasteiger partial charge in [0.2, 0.25) is 0 Å². The number of aliphatic hydroxyl groups is 1. The van der Waals surface area contributed by atoms with Crippen LogP contribution in [-0.4, -0.2) is 24.4 Å². The summed E-state index contributed by atoms with van der Waals surface area (Å²) in [5.74, 6) is -0.931. The molecule has 1 aromatic rings. The SMILES string of the molecule is CCC(C(=O)OC)C(C)(O)c1ccc(SC)cc1. The Labute approximate surface area is 113 Å². The zero-order chi connectivity index (χ0) is 13.8. The maximum absolute atomic E-state index is 11.7. The van der Waals surface area contributed by atoms with E-state index in [-0.39, 0.29) is 5.97 Å². The number of carbonyl (C=O) groups is 1. The van der Waals surface area contributed by atoms with Crippen LogP contribution < -0.4 is 0 Å². The van der Waals surface area contributed by atoms with Crippen LogP contribution >= 0.6 is 11.8 Å². The van der Waals surface area contributed by atoms with Crippen LogP contribution in [0.5, 0.6) is 0 Å². The molecule has 0 fully saturated rings. The summed E-state index contributed by atoms with van der Waals surface area (Å²) in [6, 6.07) is 7.60. The maximum Gasteiger partial charge on any atom is 0.311 e. The third-order valence-electron chi connectivity index (χ3n) is 3.25. The highest BCUT2D eigenvalue weighted by atomic mass is 32.2. The summed E-state index contributed by atoms with van der Waals surface area (Å²) >= 11 is 1.64. The van der Waals surface area contributed by atoms with Gasteiger partial charge in [0.15, 0.2) is 0 Å². The maximum atomic E-state index is 11.7. The molecular weight excluding hydrogens is 248 g/mol. The molecule has 0 amide bonds. The molecule has 0 spiro atoms. The van der Waals surface area contributed by atoms with E-state index in [9.17, 15) is 9.90 Å². The second kappa shape index (κ2) is 6.25. The molecule has 2 atom stereocenters. The zero-order valence-corrected chi connectivity index (χ0v) is 12.1. The summed E-state index contributed by atoms with van der Waals surface area (Å²) in [5.41, 5.74) is -0.476. The monoisotopic (exact) mass is 268 g/mol. The molecule has 0 saturated carbocycles. The molecule has 4 heteroatoms. The molecule has 0 aliphatic heterocycles. The molecule has 0 radical (unpaired) electrons. The van der Waals surface area contributed by atoms with Gasteiger partial charge in [-0.1, -0.05) is 19.1 Å². The molecule has 0 heterocycles. The minimum Gasteiger partial charge on any atom is -0.469 e. The molecule has 1 aromatic carbocycles. The van der Waals surface area contributed by atoms with E-state index in [1.54, 1.807) is 18.7 Å². The fraction of sp³-hybridized carbons (Fsp3) is 0.500. The van der Waals surface area contributed by atoms with Crippen molar-refractivity contribution in [2.75, 3.05) is 13.4 Å². The lowest BCUT2D eigenvalue weighted by atomic mass is 9.81. The first-order valence-electron chi connectivity index (χ1n) is 5.92. The average Bonchev–Trinajstić information content (AvgIpc) is 2.39. The summed E-state index contributed by atoms with van der Waals surface area (Å²) in [6.45, 7) is 3.53. The van der Waals surface area contributed by atoms with Gasteiger partial charge in [0.1, 0.15) is 5.60 Å². The highest BCUT2D eigenvalue weighted by molar-refractivity contribution is 7.98. The van der Waals surface area contributed by atoms with Crippen LogP contribution in [-0.2, 0) is 15.1 Å². The predicted molar refractivity (Wildman–Crippen MR) is 73.6 cm³/mol. The number of methoxy groups -OCH3 is 1. The van der Waals surface area contributed by atoms with E-state index < -0.39 is 11.5 Å². The molecule has 2 unspecified atom stereocenters. The second-order valence-corrected chi connectivity index (χ2v) is 5.24. The number of ether oxygens (including phenoxy) is 1. The lowest BCUT2D eigenvalue weighted by Crippen LogP contribution is -2.37. The lowest BCUT2D eigenvalue weighted by molar-refractivity contribution is -0.155. The Balaban J connectivity index is 3.05. The number of carbonyl (C=O) groups excluding carboxylic acids is 1. The van der Waals surface area contributed by atoms with Gasteiger partial charge in [-0.3, -0.25) is 4.79 Å². The number of hydrogen-bond acceptors (Lipinski definition) is 4. The predicted octanol–water partition coefficient (Wildman–Crippen LogP) is 2.82. The van der Waals surface area contributed by atoms with Crippen LogP contribution in [0.4, 0.5) is 0 Å². The van der Waals surface area contributed by atoms with Crippen molar-refractivity contribution < 1.29 is 14.6 Å². The van der Waals surface area contributed by atoms with E-state index in [0.717, 1.165) is 10.5 Å².